The Hall–Kier alpha value is -1.85. The Morgan fingerprint density at radius 2 is 2.16 bits per heavy atom. The molecule has 130 valence electrons. The van der Waals surface area contributed by atoms with Crippen molar-refractivity contribution in [3.05, 3.63) is 58.6 Å². The van der Waals surface area contributed by atoms with E-state index < -0.39 is 0 Å². The molecule has 3 heterocycles. The summed E-state index contributed by atoms with van der Waals surface area (Å²) in [6.07, 6.45) is 24.4. The molecule has 5 aliphatic rings. The first kappa shape index (κ1) is 16.6. The fourth-order valence-electron chi connectivity index (χ4n) is 5.34. The second-order valence-corrected chi connectivity index (χ2v) is 7.52. The van der Waals surface area contributed by atoms with Crippen LogP contribution in [0.3, 0.4) is 0 Å². The van der Waals surface area contributed by atoms with Crippen molar-refractivity contribution in [2.75, 3.05) is 6.54 Å². The number of dihydropyridines is 1. The number of hydrogen-bond acceptors (Lipinski definition) is 2. The first-order valence-electron chi connectivity index (χ1n) is 9.34. The summed E-state index contributed by atoms with van der Waals surface area (Å²) >= 11 is 0. The van der Waals surface area contributed by atoms with Crippen molar-refractivity contribution in [3.8, 4) is 12.3 Å². The first-order valence-corrected chi connectivity index (χ1v) is 9.34. The van der Waals surface area contributed by atoms with Gasteiger partial charge >= 0.3 is 0 Å². The summed E-state index contributed by atoms with van der Waals surface area (Å²) in [5.74, 6) is 4.08. The zero-order valence-corrected chi connectivity index (χ0v) is 15.3. The number of nitrogens with zero attached hydrogens (tertiary/aromatic N) is 1. The van der Waals surface area contributed by atoms with E-state index in [0.29, 0.717) is 17.9 Å². The summed E-state index contributed by atoms with van der Waals surface area (Å²) < 4.78 is 0. The largest absolute Gasteiger partial charge is 0.387 e. The van der Waals surface area contributed by atoms with Crippen molar-refractivity contribution >= 4 is 12.4 Å². The van der Waals surface area contributed by atoms with Crippen molar-refractivity contribution in [3.63, 3.8) is 0 Å². The highest BCUT2D eigenvalue weighted by atomic mass is 35.5. The van der Waals surface area contributed by atoms with Crippen molar-refractivity contribution in [2.24, 2.45) is 11.8 Å². The van der Waals surface area contributed by atoms with Crippen LogP contribution in [0.25, 0.3) is 0 Å². The normalized spacial score (nSPS) is 31.9. The van der Waals surface area contributed by atoms with Crippen LogP contribution in [0.2, 0.25) is 0 Å². The molecule has 3 unspecified atom stereocenters. The molecule has 0 saturated carbocycles. The van der Waals surface area contributed by atoms with Crippen LogP contribution in [0, 0.1) is 24.2 Å². The van der Waals surface area contributed by atoms with E-state index in [1.165, 1.54) is 42.5 Å². The molecule has 0 bridgehead atoms. The van der Waals surface area contributed by atoms with Crippen LogP contribution in [-0.4, -0.2) is 17.5 Å². The molecular formula is C22H25ClN2. The van der Waals surface area contributed by atoms with Gasteiger partial charge in [-0.05, 0) is 55.2 Å². The number of fused-ring (bicyclic) bond motifs is 5. The molecule has 1 N–H and O–H groups in total. The summed E-state index contributed by atoms with van der Waals surface area (Å²) in [7, 11) is 0. The summed E-state index contributed by atoms with van der Waals surface area (Å²) in [5, 5.41) is 3.44. The second-order valence-electron chi connectivity index (χ2n) is 7.52. The zero-order chi connectivity index (χ0) is 16.1. The first-order chi connectivity index (χ1) is 11.9. The fourth-order valence-corrected chi connectivity index (χ4v) is 5.34. The maximum absolute atomic E-state index is 5.69. The van der Waals surface area contributed by atoms with Crippen molar-refractivity contribution in [2.45, 2.75) is 44.6 Å². The molecule has 3 heteroatoms. The highest BCUT2D eigenvalue weighted by Gasteiger charge is 2.46. The monoisotopic (exact) mass is 352 g/mol. The lowest BCUT2D eigenvalue weighted by Gasteiger charge is -2.37. The van der Waals surface area contributed by atoms with Crippen molar-refractivity contribution in [1.82, 2.24) is 10.2 Å². The van der Waals surface area contributed by atoms with Crippen LogP contribution in [0.4, 0.5) is 0 Å². The van der Waals surface area contributed by atoms with E-state index in [1.54, 1.807) is 11.3 Å². The van der Waals surface area contributed by atoms with E-state index in [-0.39, 0.29) is 12.4 Å². The smallest absolute Gasteiger partial charge is 0.0588 e. The van der Waals surface area contributed by atoms with Gasteiger partial charge in [0, 0.05) is 42.1 Å². The second kappa shape index (κ2) is 6.46. The quantitative estimate of drug-likeness (QED) is 0.701. The molecule has 25 heavy (non-hydrogen) atoms. The average Bonchev–Trinajstić information content (AvgIpc) is 2.85. The van der Waals surface area contributed by atoms with E-state index in [2.05, 4.69) is 46.6 Å². The van der Waals surface area contributed by atoms with E-state index in [4.69, 9.17) is 6.42 Å². The summed E-state index contributed by atoms with van der Waals surface area (Å²) in [6.45, 7) is 0.945. The Balaban J connectivity index is 0.00000157. The van der Waals surface area contributed by atoms with Gasteiger partial charge in [-0.15, -0.1) is 24.8 Å². The predicted octanol–water partition coefficient (Wildman–Crippen LogP) is 4.45. The summed E-state index contributed by atoms with van der Waals surface area (Å²) in [4.78, 5) is 2.71. The standard InChI is InChI=1S/C22H24N2.ClH/c1-2-5-15-8-11-18-19-14-23-13-12-21(19)24-20-7-4-3-6-16(20)9-10-17(15)22(18)24;/h1,3,6,9,12,14-15,18,20,23H,4-5,7-8,10-11,13H2;1H. The molecule has 3 aliphatic heterocycles. The van der Waals surface area contributed by atoms with Gasteiger partial charge in [-0.3, -0.25) is 0 Å². The van der Waals surface area contributed by atoms with Gasteiger partial charge in [0.2, 0.25) is 0 Å². The molecular weight excluding hydrogens is 328 g/mol. The Morgan fingerprint density at radius 3 is 3.04 bits per heavy atom. The summed E-state index contributed by atoms with van der Waals surface area (Å²) in [5.41, 5.74) is 7.73. The molecule has 0 aromatic rings. The Labute approximate surface area is 156 Å². The lowest BCUT2D eigenvalue weighted by Crippen LogP contribution is -2.35. The number of allylic oxidation sites excluding steroid dienone is 5. The third-order valence-electron chi connectivity index (χ3n) is 6.35. The number of halogens is 1. The minimum Gasteiger partial charge on any atom is -0.387 e. The van der Waals surface area contributed by atoms with Crippen LogP contribution in [0.5, 0.6) is 0 Å². The third-order valence-corrected chi connectivity index (χ3v) is 6.35. The Kier molecular flexibility index (Phi) is 4.29. The van der Waals surface area contributed by atoms with E-state index in [0.717, 1.165) is 19.4 Å². The topological polar surface area (TPSA) is 15.3 Å². The maximum atomic E-state index is 5.69. The van der Waals surface area contributed by atoms with Crippen LogP contribution in [-0.2, 0) is 0 Å². The average molecular weight is 353 g/mol. The van der Waals surface area contributed by atoms with Gasteiger partial charge in [0.15, 0.2) is 0 Å². The third kappa shape index (κ3) is 2.41. The van der Waals surface area contributed by atoms with E-state index in [1.807, 2.05) is 0 Å². The molecule has 1 fully saturated rings. The van der Waals surface area contributed by atoms with Gasteiger partial charge in [-0.25, -0.2) is 0 Å². The molecule has 3 atom stereocenters. The minimum absolute atomic E-state index is 0. The van der Waals surface area contributed by atoms with Crippen molar-refractivity contribution in [1.29, 1.82) is 0 Å². The van der Waals surface area contributed by atoms with Gasteiger partial charge in [-0.1, -0.05) is 18.2 Å². The van der Waals surface area contributed by atoms with Crippen LogP contribution < -0.4 is 5.32 Å². The zero-order valence-electron chi connectivity index (χ0n) is 14.5. The Morgan fingerprint density at radius 1 is 1.24 bits per heavy atom. The van der Waals surface area contributed by atoms with Crippen LogP contribution in [0.15, 0.2) is 58.6 Å². The molecule has 5 rings (SSSR count). The molecule has 0 aromatic heterocycles. The minimum atomic E-state index is 0. The lowest BCUT2D eigenvalue weighted by atomic mass is 9.76. The highest BCUT2D eigenvalue weighted by molar-refractivity contribution is 5.85. The molecule has 2 nitrogen and oxygen atoms in total. The summed E-state index contributed by atoms with van der Waals surface area (Å²) in [6, 6.07) is 0.518. The molecule has 1 saturated heterocycles. The predicted molar refractivity (Wildman–Crippen MR) is 105 cm³/mol. The highest BCUT2D eigenvalue weighted by Crippen LogP contribution is 2.54. The molecule has 0 amide bonds. The SMILES string of the molecule is C#CCC1CCC2C3=CNCC=C3N3C2=C1CC=C1C=CCCC13.Cl. The van der Waals surface area contributed by atoms with Crippen LogP contribution >= 0.6 is 12.4 Å². The van der Waals surface area contributed by atoms with Gasteiger partial charge in [0.1, 0.15) is 0 Å². The molecule has 0 radical (unpaired) electrons. The number of rotatable bonds is 1. The van der Waals surface area contributed by atoms with Crippen LogP contribution in [0.1, 0.15) is 38.5 Å². The maximum Gasteiger partial charge on any atom is 0.0588 e. The van der Waals surface area contributed by atoms with E-state index in [9.17, 15) is 0 Å². The van der Waals surface area contributed by atoms with E-state index >= 15 is 0 Å². The van der Waals surface area contributed by atoms with Gasteiger partial charge in [0.05, 0.1) is 6.04 Å². The molecule has 2 aliphatic carbocycles. The van der Waals surface area contributed by atoms with Gasteiger partial charge in [0.25, 0.3) is 0 Å². The van der Waals surface area contributed by atoms with Gasteiger partial charge < -0.3 is 10.2 Å². The van der Waals surface area contributed by atoms with Crippen molar-refractivity contribution < 1.29 is 0 Å². The molecule has 0 aromatic carbocycles. The lowest BCUT2D eigenvalue weighted by molar-refractivity contribution is 0.321. The number of terminal acetylenes is 1. The molecule has 0 spiro atoms. The Bertz CT molecular complexity index is 774. The number of hydrogen-bond donors (Lipinski definition) is 1. The van der Waals surface area contributed by atoms with Gasteiger partial charge in [-0.2, -0.15) is 0 Å². The number of nitrogens with one attached hydrogen (secondary N) is 1. The fraction of sp³-hybridized carbons (Fsp3) is 0.455.